The van der Waals surface area contributed by atoms with Crippen LogP contribution in [0.2, 0.25) is 0 Å². The molecular formula is C24H32N4O4S. The summed E-state index contributed by atoms with van der Waals surface area (Å²) >= 11 is 0. The summed E-state index contributed by atoms with van der Waals surface area (Å²) in [5.74, 6) is -0.202. The van der Waals surface area contributed by atoms with Gasteiger partial charge in [-0.2, -0.15) is 5.10 Å². The Morgan fingerprint density at radius 3 is 2.64 bits per heavy atom. The van der Waals surface area contributed by atoms with Gasteiger partial charge in [-0.25, -0.2) is 17.7 Å². The second-order valence-electron chi connectivity index (χ2n) is 8.13. The standard InChI is InChI=1S/C24H32N4O4S/c1-5-19-11-12-22-24(18-13-17(3)14-25-15-18)20(9-7-8-10-23(29)32-6-2)21(27-28(19)22)16-26-33(4,30)31/h11-15,26H,5-10,16H2,1-4H3. The van der Waals surface area contributed by atoms with Crippen molar-refractivity contribution >= 4 is 21.5 Å². The molecule has 0 aromatic carbocycles. The van der Waals surface area contributed by atoms with Crippen LogP contribution in [0, 0.1) is 6.92 Å². The monoisotopic (exact) mass is 472 g/mol. The number of fused-ring (bicyclic) bond motifs is 1. The third kappa shape index (κ3) is 6.39. The van der Waals surface area contributed by atoms with E-state index in [9.17, 15) is 13.2 Å². The zero-order valence-electron chi connectivity index (χ0n) is 19.7. The maximum atomic E-state index is 11.8. The van der Waals surface area contributed by atoms with Crippen molar-refractivity contribution in [1.82, 2.24) is 19.3 Å². The number of rotatable bonds is 11. The average Bonchev–Trinajstić information content (AvgIpc) is 3.17. The Bertz CT molecular complexity index is 1230. The maximum Gasteiger partial charge on any atom is 0.305 e. The Balaban J connectivity index is 2.09. The topological polar surface area (TPSA) is 103 Å². The summed E-state index contributed by atoms with van der Waals surface area (Å²) in [6, 6.07) is 6.18. The van der Waals surface area contributed by atoms with E-state index in [1.165, 1.54) is 0 Å². The second kappa shape index (κ2) is 10.9. The number of aromatic nitrogens is 3. The number of nitrogens with zero attached hydrogens (tertiary/aromatic N) is 3. The van der Waals surface area contributed by atoms with Gasteiger partial charge in [-0.05, 0) is 68.9 Å². The Hall–Kier alpha value is -2.78. The summed E-state index contributed by atoms with van der Waals surface area (Å²) in [6.07, 6.45) is 8.01. The van der Waals surface area contributed by atoms with Gasteiger partial charge in [-0.3, -0.25) is 9.78 Å². The first-order chi connectivity index (χ1) is 15.7. The van der Waals surface area contributed by atoms with Gasteiger partial charge >= 0.3 is 5.97 Å². The molecule has 8 nitrogen and oxygen atoms in total. The number of carbonyl (C=O) groups excluding carboxylic acids is 1. The van der Waals surface area contributed by atoms with Crippen LogP contribution in [0.1, 0.15) is 55.6 Å². The molecule has 178 valence electrons. The van der Waals surface area contributed by atoms with Crippen LogP contribution in [0.4, 0.5) is 0 Å². The number of pyridine rings is 1. The van der Waals surface area contributed by atoms with Gasteiger partial charge in [0, 0.05) is 35.6 Å². The number of hydrogen-bond acceptors (Lipinski definition) is 6. The lowest BCUT2D eigenvalue weighted by atomic mass is 9.94. The molecule has 0 saturated carbocycles. The van der Waals surface area contributed by atoms with Crippen LogP contribution in [0.25, 0.3) is 16.6 Å². The minimum Gasteiger partial charge on any atom is -0.466 e. The van der Waals surface area contributed by atoms with Gasteiger partial charge in [0.15, 0.2) is 0 Å². The van der Waals surface area contributed by atoms with Crippen molar-refractivity contribution in [3.05, 3.63) is 53.1 Å². The molecule has 0 aliphatic carbocycles. The highest BCUT2D eigenvalue weighted by atomic mass is 32.2. The molecule has 0 atom stereocenters. The molecule has 9 heteroatoms. The maximum absolute atomic E-state index is 11.8. The van der Waals surface area contributed by atoms with Crippen molar-refractivity contribution < 1.29 is 17.9 Å². The molecule has 0 saturated heterocycles. The number of carbonyl (C=O) groups is 1. The van der Waals surface area contributed by atoms with E-state index in [1.807, 2.05) is 29.9 Å². The summed E-state index contributed by atoms with van der Waals surface area (Å²) in [6.45, 7) is 6.32. The first-order valence-corrected chi connectivity index (χ1v) is 13.2. The van der Waals surface area contributed by atoms with Gasteiger partial charge in [-0.15, -0.1) is 0 Å². The number of ether oxygens (including phenoxy) is 1. The predicted octanol–water partition coefficient (Wildman–Crippen LogP) is 3.59. The molecule has 0 aliphatic heterocycles. The van der Waals surface area contributed by atoms with E-state index in [4.69, 9.17) is 9.84 Å². The van der Waals surface area contributed by atoms with Crippen LogP contribution >= 0.6 is 0 Å². The number of aryl methyl sites for hydroxylation is 2. The van der Waals surface area contributed by atoms with Gasteiger partial charge < -0.3 is 4.74 Å². The van der Waals surface area contributed by atoms with E-state index < -0.39 is 10.0 Å². The van der Waals surface area contributed by atoms with Gasteiger partial charge in [0.1, 0.15) is 0 Å². The highest BCUT2D eigenvalue weighted by molar-refractivity contribution is 7.88. The molecule has 0 spiro atoms. The second-order valence-corrected chi connectivity index (χ2v) is 9.96. The number of esters is 1. The van der Waals surface area contributed by atoms with Crippen molar-refractivity contribution in [3.8, 4) is 11.1 Å². The normalized spacial score (nSPS) is 11.8. The van der Waals surface area contributed by atoms with E-state index in [1.54, 1.807) is 6.92 Å². The van der Waals surface area contributed by atoms with Crippen LogP contribution in [0.15, 0.2) is 30.6 Å². The Morgan fingerprint density at radius 1 is 1.18 bits per heavy atom. The summed E-state index contributed by atoms with van der Waals surface area (Å²) in [5.41, 5.74) is 6.64. The number of hydrogen-bond donors (Lipinski definition) is 1. The van der Waals surface area contributed by atoms with Crippen molar-refractivity contribution in [2.75, 3.05) is 12.9 Å². The first-order valence-electron chi connectivity index (χ1n) is 11.3. The molecule has 0 bridgehead atoms. The summed E-state index contributed by atoms with van der Waals surface area (Å²) in [4.78, 5) is 16.1. The quantitative estimate of drug-likeness (QED) is 0.338. The molecule has 3 aromatic heterocycles. The Labute approximate surface area is 195 Å². The van der Waals surface area contributed by atoms with E-state index >= 15 is 0 Å². The summed E-state index contributed by atoms with van der Waals surface area (Å²) < 4.78 is 33.2. The van der Waals surface area contributed by atoms with Gasteiger partial charge in [0.05, 0.1) is 30.6 Å². The molecule has 3 rings (SSSR count). The highest BCUT2D eigenvalue weighted by Gasteiger charge is 2.20. The van der Waals surface area contributed by atoms with E-state index in [0.717, 1.165) is 52.6 Å². The van der Waals surface area contributed by atoms with Crippen molar-refractivity contribution in [2.24, 2.45) is 0 Å². The van der Waals surface area contributed by atoms with Crippen LogP contribution in [-0.4, -0.2) is 41.8 Å². The van der Waals surface area contributed by atoms with Crippen LogP contribution in [0.5, 0.6) is 0 Å². The molecule has 3 aromatic rings. The van der Waals surface area contributed by atoms with Crippen molar-refractivity contribution in [1.29, 1.82) is 0 Å². The molecule has 3 heterocycles. The molecular weight excluding hydrogens is 440 g/mol. The van der Waals surface area contributed by atoms with E-state index in [-0.39, 0.29) is 12.5 Å². The van der Waals surface area contributed by atoms with Crippen molar-refractivity contribution in [2.45, 2.75) is 59.4 Å². The number of unbranched alkanes of at least 4 members (excludes halogenated alkanes) is 1. The lowest BCUT2D eigenvalue weighted by molar-refractivity contribution is -0.143. The fraction of sp³-hybridized carbons (Fsp3) is 0.458. The fourth-order valence-corrected chi connectivity index (χ4v) is 4.35. The van der Waals surface area contributed by atoms with Gasteiger partial charge in [0.25, 0.3) is 0 Å². The van der Waals surface area contributed by atoms with Crippen LogP contribution in [0.3, 0.4) is 0 Å². The fourth-order valence-electron chi connectivity index (χ4n) is 3.95. The molecule has 33 heavy (non-hydrogen) atoms. The van der Waals surface area contributed by atoms with Gasteiger partial charge in [-0.1, -0.05) is 6.92 Å². The molecule has 0 aliphatic rings. The SMILES string of the molecule is CCOC(=O)CCCCc1c(CNS(C)(=O)=O)nn2c(CC)ccc2c1-c1cncc(C)c1. The zero-order chi connectivity index (χ0) is 24.0. The molecule has 0 unspecified atom stereocenters. The smallest absolute Gasteiger partial charge is 0.305 e. The minimum atomic E-state index is -3.39. The minimum absolute atomic E-state index is 0.0928. The zero-order valence-corrected chi connectivity index (χ0v) is 20.5. The average molecular weight is 473 g/mol. The Morgan fingerprint density at radius 2 is 1.97 bits per heavy atom. The molecule has 1 N–H and O–H groups in total. The largest absolute Gasteiger partial charge is 0.466 e. The lowest BCUT2D eigenvalue weighted by Crippen LogP contribution is -2.24. The van der Waals surface area contributed by atoms with Gasteiger partial charge in [0.2, 0.25) is 10.0 Å². The lowest BCUT2D eigenvalue weighted by Gasteiger charge is -2.18. The molecule has 0 radical (unpaired) electrons. The highest BCUT2D eigenvalue weighted by Crippen LogP contribution is 2.33. The van der Waals surface area contributed by atoms with E-state index in [2.05, 4.69) is 28.8 Å². The van der Waals surface area contributed by atoms with Crippen LogP contribution < -0.4 is 4.72 Å². The van der Waals surface area contributed by atoms with Crippen molar-refractivity contribution in [3.63, 3.8) is 0 Å². The van der Waals surface area contributed by atoms with E-state index in [0.29, 0.717) is 31.6 Å². The number of nitrogens with one attached hydrogen (secondary N) is 1. The molecule has 0 fully saturated rings. The number of sulfonamides is 1. The third-order valence-electron chi connectivity index (χ3n) is 5.45. The van der Waals surface area contributed by atoms with Crippen LogP contribution in [-0.2, 0) is 38.9 Å². The first kappa shape index (κ1) is 24.9. The predicted molar refractivity (Wildman–Crippen MR) is 128 cm³/mol. The molecule has 0 amide bonds. The third-order valence-corrected chi connectivity index (χ3v) is 6.12. The summed E-state index contributed by atoms with van der Waals surface area (Å²) in [7, 11) is -3.39. The summed E-state index contributed by atoms with van der Waals surface area (Å²) in [5, 5.41) is 4.84. The Kier molecular flexibility index (Phi) is 8.20.